The zero-order valence-corrected chi connectivity index (χ0v) is 17.3. The lowest BCUT2D eigenvalue weighted by atomic mass is 9.52. The monoisotopic (exact) mass is 352 g/mol. The molecular formula is C18H34B2O5. The molecule has 2 saturated heterocycles. The molecule has 0 aromatic carbocycles. The fourth-order valence-electron chi connectivity index (χ4n) is 4.17. The van der Waals surface area contributed by atoms with Crippen LogP contribution in [0.25, 0.3) is 0 Å². The third-order valence-corrected chi connectivity index (χ3v) is 7.35. The van der Waals surface area contributed by atoms with Crippen molar-refractivity contribution in [3.05, 3.63) is 0 Å². The van der Waals surface area contributed by atoms with Crippen molar-refractivity contribution in [1.29, 1.82) is 0 Å². The van der Waals surface area contributed by atoms with Crippen molar-refractivity contribution in [2.24, 2.45) is 0 Å². The molecule has 3 fully saturated rings. The first-order valence-electron chi connectivity index (χ1n) is 9.53. The first kappa shape index (κ1) is 19.7. The molecular weight excluding hydrogens is 318 g/mol. The Labute approximate surface area is 153 Å². The van der Waals surface area contributed by atoms with E-state index < -0.39 is 23.9 Å². The van der Waals surface area contributed by atoms with Crippen LogP contribution in [0.5, 0.6) is 0 Å². The van der Waals surface area contributed by atoms with Crippen molar-refractivity contribution in [3.63, 3.8) is 0 Å². The Morgan fingerprint density at radius 2 is 1.04 bits per heavy atom. The van der Waals surface area contributed by atoms with Crippen LogP contribution in [0, 0.1) is 0 Å². The first-order chi connectivity index (χ1) is 11.1. The standard InChI is InChI=1S/C18H34B2O5/c1-14(2)15(3,4)23-19(22-14)12-10-11-18(9,21)13(12)20-24-16(5,6)17(7,8)25-20/h12-13,21H,10-11H2,1-9H3/t12-,13+,18+/m1/s1. The van der Waals surface area contributed by atoms with Crippen LogP contribution in [0.15, 0.2) is 0 Å². The fraction of sp³-hybridized carbons (Fsp3) is 1.00. The lowest BCUT2D eigenvalue weighted by Gasteiger charge is -2.32. The number of aliphatic hydroxyl groups is 1. The van der Waals surface area contributed by atoms with Crippen molar-refractivity contribution in [3.8, 4) is 0 Å². The topological polar surface area (TPSA) is 57.2 Å². The lowest BCUT2D eigenvalue weighted by Crippen LogP contribution is -2.42. The van der Waals surface area contributed by atoms with Crippen molar-refractivity contribution in [1.82, 2.24) is 0 Å². The average Bonchev–Trinajstić information content (AvgIpc) is 2.88. The summed E-state index contributed by atoms with van der Waals surface area (Å²) in [6.07, 6.45) is 1.52. The Morgan fingerprint density at radius 3 is 1.44 bits per heavy atom. The van der Waals surface area contributed by atoms with Gasteiger partial charge >= 0.3 is 14.2 Å². The van der Waals surface area contributed by atoms with Crippen molar-refractivity contribution < 1.29 is 23.7 Å². The van der Waals surface area contributed by atoms with Gasteiger partial charge in [-0.15, -0.1) is 0 Å². The molecule has 0 amide bonds. The highest BCUT2D eigenvalue weighted by molar-refractivity contribution is 6.55. The molecule has 1 aliphatic carbocycles. The molecule has 0 radical (unpaired) electrons. The van der Waals surface area contributed by atoms with E-state index >= 15 is 0 Å². The van der Waals surface area contributed by atoms with E-state index in [9.17, 15) is 5.11 Å². The number of hydrogen-bond donors (Lipinski definition) is 1. The normalized spacial score (nSPS) is 41.5. The molecule has 0 aromatic heterocycles. The van der Waals surface area contributed by atoms with E-state index in [0.29, 0.717) is 6.42 Å². The summed E-state index contributed by atoms with van der Waals surface area (Å²) in [5.41, 5.74) is -2.47. The summed E-state index contributed by atoms with van der Waals surface area (Å²) in [6.45, 7) is 18.3. The van der Waals surface area contributed by atoms with Crippen LogP contribution < -0.4 is 0 Å². The SMILES string of the molecule is CC1(C)OB([C@@H]2CC[C@](C)(O)[C@H]2B2OC(C)(C)C(C)(C)O2)OC1(C)C. The van der Waals surface area contributed by atoms with Crippen LogP contribution in [0.4, 0.5) is 0 Å². The second kappa shape index (κ2) is 5.48. The highest BCUT2D eigenvalue weighted by Crippen LogP contribution is 2.57. The maximum absolute atomic E-state index is 11.1. The molecule has 0 bridgehead atoms. The largest absolute Gasteiger partial charge is 0.463 e. The van der Waals surface area contributed by atoms with Gasteiger partial charge in [-0.05, 0) is 81.0 Å². The van der Waals surface area contributed by atoms with Crippen molar-refractivity contribution in [2.75, 3.05) is 0 Å². The highest BCUT2D eigenvalue weighted by atomic mass is 16.7. The minimum absolute atomic E-state index is 0.0331. The predicted octanol–water partition coefficient (Wildman–Crippen LogP) is 3.46. The summed E-state index contributed by atoms with van der Waals surface area (Å²) >= 11 is 0. The molecule has 0 unspecified atom stereocenters. The van der Waals surface area contributed by atoms with E-state index in [4.69, 9.17) is 18.6 Å². The van der Waals surface area contributed by atoms with Gasteiger partial charge in [-0.2, -0.15) is 0 Å². The second-order valence-corrected chi connectivity index (χ2v) is 10.3. The van der Waals surface area contributed by atoms with E-state index in [0.717, 1.165) is 6.42 Å². The molecule has 5 nitrogen and oxygen atoms in total. The minimum atomic E-state index is -0.866. The van der Waals surface area contributed by atoms with Gasteiger partial charge in [-0.1, -0.05) is 0 Å². The Bertz CT molecular complexity index is 512. The molecule has 2 aliphatic heterocycles. The van der Waals surface area contributed by atoms with E-state index in [1.54, 1.807) is 0 Å². The summed E-state index contributed by atoms with van der Waals surface area (Å²) < 4.78 is 25.1. The molecule has 7 heteroatoms. The Kier molecular flexibility index (Phi) is 4.31. The minimum Gasteiger partial charge on any atom is -0.403 e. The van der Waals surface area contributed by atoms with Gasteiger partial charge in [-0.3, -0.25) is 0 Å². The van der Waals surface area contributed by atoms with Crippen LogP contribution >= 0.6 is 0 Å². The molecule has 3 atom stereocenters. The zero-order valence-electron chi connectivity index (χ0n) is 17.3. The smallest absolute Gasteiger partial charge is 0.403 e. The van der Waals surface area contributed by atoms with Gasteiger partial charge in [0.25, 0.3) is 0 Å². The third-order valence-electron chi connectivity index (χ3n) is 7.35. The molecule has 0 spiro atoms. The summed E-state index contributed by atoms with van der Waals surface area (Å²) in [5.74, 6) is -0.158. The molecule has 2 heterocycles. The first-order valence-corrected chi connectivity index (χ1v) is 9.53. The van der Waals surface area contributed by atoms with E-state index in [2.05, 4.69) is 27.7 Å². The Balaban J connectivity index is 1.87. The molecule has 25 heavy (non-hydrogen) atoms. The van der Waals surface area contributed by atoms with Crippen LogP contribution in [-0.4, -0.2) is 47.3 Å². The summed E-state index contributed by atoms with van der Waals surface area (Å²) in [4.78, 5) is 0. The van der Waals surface area contributed by atoms with Gasteiger partial charge in [0.05, 0.1) is 28.0 Å². The molecule has 3 rings (SSSR count). The summed E-state index contributed by atoms with van der Waals surface area (Å²) in [6, 6.07) is 0. The number of rotatable bonds is 2. The van der Waals surface area contributed by atoms with Gasteiger partial charge in [-0.25, -0.2) is 0 Å². The van der Waals surface area contributed by atoms with Crippen LogP contribution in [0.2, 0.25) is 11.6 Å². The highest BCUT2D eigenvalue weighted by Gasteiger charge is 2.65. The van der Waals surface area contributed by atoms with Gasteiger partial charge in [0.2, 0.25) is 0 Å². The Morgan fingerprint density at radius 1 is 0.680 bits per heavy atom. The second-order valence-electron chi connectivity index (χ2n) is 10.3. The maximum atomic E-state index is 11.1. The van der Waals surface area contributed by atoms with Crippen molar-refractivity contribution >= 4 is 14.2 Å². The summed E-state index contributed by atoms with van der Waals surface area (Å²) in [7, 11) is -0.825. The van der Waals surface area contributed by atoms with E-state index in [-0.39, 0.29) is 30.0 Å². The Hall–Kier alpha value is -0.0701. The van der Waals surface area contributed by atoms with E-state index in [1.165, 1.54) is 0 Å². The summed E-state index contributed by atoms with van der Waals surface area (Å²) in [5, 5.41) is 11.1. The van der Waals surface area contributed by atoms with Gasteiger partial charge < -0.3 is 23.7 Å². The average molecular weight is 352 g/mol. The fourth-order valence-corrected chi connectivity index (χ4v) is 4.17. The van der Waals surface area contributed by atoms with Crippen LogP contribution in [-0.2, 0) is 18.6 Å². The molecule has 142 valence electrons. The number of hydrogen-bond acceptors (Lipinski definition) is 5. The third kappa shape index (κ3) is 3.00. The molecule has 0 aromatic rings. The van der Waals surface area contributed by atoms with Crippen LogP contribution in [0.3, 0.4) is 0 Å². The molecule has 1 saturated carbocycles. The zero-order chi connectivity index (χ0) is 19.1. The van der Waals surface area contributed by atoms with Gasteiger partial charge in [0, 0.05) is 5.82 Å². The molecule has 3 aliphatic rings. The lowest BCUT2D eigenvalue weighted by molar-refractivity contribution is 0.00578. The maximum Gasteiger partial charge on any atom is 0.463 e. The molecule has 1 N–H and O–H groups in total. The van der Waals surface area contributed by atoms with Gasteiger partial charge in [0.15, 0.2) is 0 Å². The van der Waals surface area contributed by atoms with Crippen molar-refractivity contribution in [2.45, 2.75) is 115 Å². The van der Waals surface area contributed by atoms with Crippen LogP contribution in [0.1, 0.15) is 75.2 Å². The van der Waals surface area contributed by atoms with E-state index in [1.807, 2.05) is 34.6 Å². The quantitative estimate of drug-likeness (QED) is 0.772. The predicted molar refractivity (Wildman–Crippen MR) is 99.5 cm³/mol. The van der Waals surface area contributed by atoms with Gasteiger partial charge in [0.1, 0.15) is 0 Å².